The van der Waals surface area contributed by atoms with E-state index in [0.29, 0.717) is 6.54 Å². The van der Waals surface area contributed by atoms with Crippen molar-refractivity contribution in [3.63, 3.8) is 0 Å². The van der Waals surface area contributed by atoms with Gasteiger partial charge >= 0.3 is 0 Å². The fourth-order valence-electron chi connectivity index (χ4n) is 2.99. The Kier molecular flexibility index (Phi) is 5.79. The molecular formula is C16H26N2O3. The van der Waals surface area contributed by atoms with Gasteiger partial charge in [-0.05, 0) is 25.7 Å². The summed E-state index contributed by atoms with van der Waals surface area (Å²) in [5.41, 5.74) is 1.98. The van der Waals surface area contributed by atoms with Crippen LogP contribution in [0, 0.1) is 5.92 Å². The topological polar surface area (TPSA) is 64.4 Å². The summed E-state index contributed by atoms with van der Waals surface area (Å²) in [6.07, 6.45) is 4.42. The Labute approximate surface area is 126 Å². The van der Waals surface area contributed by atoms with Crippen LogP contribution >= 0.6 is 0 Å². The maximum absolute atomic E-state index is 12.4. The van der Waals surface area contributed by atoms with Gasteiger partial charge in [0.1, 0.15) is 5.76 Å². The van der Waals surface area contributed by atoms with Crippen LogP contribution in [-0.2, 0) is 28.9 Å². The Morgan fingerprint density at radius 2 is 2.14 bits per heavy atom. The molecule has 21 heavy (non-hydrogen) atoms. The van der Waals surface area contributed by atoms with Gasteiger partial charge in [-0.2, -0.15) is 0 Å². The number of nitrogens with zero attached hydrogens (tertiary/aromatic N) is 1. The molecule has 1 amide bonds. The van der Waals surface area contributed by atoms with Crippen molar-refractivity contribution < 1.29 is 14.1 Å². The Balaban J connectivity index is 1.98. The number of hydrogen-bond acceptors (Lipinski definition) is 4. The second-order valence-electron chi connectivity index (χ2n) is 5.52. The molecule has 1 aliphatic rings. The quantitative estimate of drug-likeness (QED) is 0.876. The van der Waals surface area contributed by atoms with Crippen LogP contribution in [0.5, 0.6) is 0 Å². The molecule has 2 heterocycles. The van der Waals surface area contributed by atoms with Crippen LogP contribution in [0.25, 0.3) is 0 Å². The standard InChI is InChI=1S/C16H26N2O3/c1-4-13-12(15(6-3)21-18-13)10-17-16(19)11-8-7-9-20-14(11)5-2/h11,14H,4-10H2,1-3H3,(H,17,19). The first-order valence-electron chi connectivity index (χ1n) is 8.06. The van der Waals surface area contributed by atoms with Crippen molar-refractivity contribution in [2.45, 2.75) is 65.5 Å². The number of amides is 1. The third-order valence-corrected chi connectivity index (χ3v) is 4.23. The molecule has 1 aromatic heterocycles. The SMILES string of the molecule is CCc1noc(CC)c1CNC(=O)C1CCCOC1CC. The number of hydrogen-bond donors (Lipinski definition) is 1. The number of carbonyl (C=O) groups is 1. The first-order valence-corrected chi connectivity index (χ1v) is 8.06. The van der Waals surface area contributed by atoms with Gasteiger partial charge in [-0.15, -0.1) is 0 Å². The van der Waals surface area contributed by atoms with E-state index in [-0.39, 0.29) is 17.9 Å². The molecule has 2 rings (SSSR count). The van der Waals surface area contributed by atoms with Crippen LogP contribution in [0.15, 0.2) is 4.52 Å². The fraction of sp³-hybridized carbons (Fsp3) is 0.750. The predicted octanol–water partition coefficient (Wildman–Crippen LogP) is 2.62. The second kappa shape index (κ2) is 7.59. The molecule has 1 fully saturated rings. The molecule has 118 valence electrons. The molecule has 1 saturated heterocycles. The van der Waals surface area contributed by atoms with Gasteiger partial charge in [-0.25, -0.2) is 0 Å². The zero-order valence-electron chi connectivity index (χ0n) is 13.3. The van der Waals surface area contributed by atoms with E-state index < -0.39 is 0 Å². The largest absolute Gasteiger partial charge is 0.377 e. The van der Waals surface area contributed by atoms with E-state index in [1.54, 1.807) is 0 Å². The van der Waals surface area contributed by atoms with Crippen molar-refractivity contribution >= 4 is 5.91 Å². The van der Waals surface area contributed by atoms with Gasteiger partial charge in [0.15, 0.2) is 0 Å². The van der Waals surface area contributed by atoms with Crippen molar-refractivity contribution in [2.75, 3.05) is 6.61 Å². The minimum atomic E-state index is -0.0289. The van der Waals surface area contributed by atoms with Gasteiger partial charge in [0.05, 0.1) is 17.7 Å². The Hall–Kier alpha value is -1.36. The van der Waals surface area contributed by atoms with E-state index in [0.717, 1.165) is 55.7 Å². The smallest absolute Gasteiger partial charge is 0.226 e. The summed E-state index contributed by atoms with van der Waals surface area (Å²) in [4.78, 5) is 12.4. The fourth-order valence-corrected chi connectivity index (χ4v) is 2.99. The third-order valence-electron chi connectivity index (χ3n) is 4.23. The molecule has 1 aliphatic heterocycles. The lowest BCUT2D eigenvalue weighted by Gasteiger charge is -2.30. The van der Waals surface area contributed by atoms with Gasteiger partial charge in [0.25, 0.3) is 0 Å². The summed E-state index contributed by atoms with van der Waals surface area (Å²) in [6.45, 7) is 7.42. The van der Waals surface area contributed by atoms with Gasteiger partial charge in [-0.3, -0.25) is 4.79 Å². The summed E-state index contributed by atoms with van der Waals surface area (Å²) < 4.78 is 11.0. The van der Waals surface area contributed by atoms with Gasteiger partial charge in [0.2, 0.25) is 5.91 Å². The minimum absolute atomic E-state index is 0.0289. The Morgan fingerprint density at radius 3 is 2.81 bits per heavy atom. The molecule has 5 nitrogen and oxygen atoms in total. The van der Waals surface area contributed by atoms with Gasteiger partial charge in [0, 0.05) is 25.1 Å². The maximum atomic E-state index is 12.4. The average Bonchev–Trinajstić information content (AvgIpc) is 2.94. The van der Waals surface area contributed by atoms with Crippen LogP contribution in [0.4, 0.5) is 0 Å². The summed E-state index contributed by atoms with van der Waals surface area (Å²) in [7, 11) is 0. The summed E-state index contributed by atoms with van der Waals surface area (Å²) in [5, 5.41) is 7.13. The number of ether oxygens (including phenoxy) is 1. The van der Waals surface area contributed by atoms with Crippen molar-refractivity contribution in [1.29, 1.82) is 0 Å². The highest BCUT2D eigenvalue weighted by atomic mass is 16.5. The van der Waals surface area contributed by atoms with Crippen LogP contribution in [-0.4, -0.2) is 23.8 Å². The van der Waals surface area contributed by atoms with E-state index in [9.17, 15) is 4.79 Å². The minimum Gasteiger partial charge on any atom is -0.377 e. The van der Waals surface area contributed by atoms with Crippen molar-refractivity contribution in [1.82, 2.24) is 10.5 Å². The molecular weight excluding hydrogens is 268 g/mol. The number of aromatic nitrogens is 1. The molecule has 0 bridgehead atoms. The zero-order chi connectivity index (χ0) is 15.2. The normalized spacial score (nSPS) is 22.2. The molecule has 0 radical (unpaired) electrons. The highest BCUT2D eigenvalue weighted by molar-refractivity contribution is 5.79. The average molecular weight is 294 g/mol. The molecule has 0 saturated carbocycles. The molecule has 0 aromatic carbocycles. The zero-order valence-corrected chi connectivity index (χ0v) is 13.3. The molecule has 2 atom stereocenters. The summed E-state index contributed by atoms with van der Waals surface area (Å²) in [5.74, 6) is 0.935. The van der Waals surface area contributed by atoms with E-state index in [1.165, 1.54) is 0 Å². The van der Waals surface area contributed by atoms with E-state index in [4.69, 9.17) is 9.26 Å². The Morgan fingerprint density at radius 1 is 1.33 bits per heavy atom. The van der Waals surface area contributed by atoms with E-state index in [2.05, 4.69) is 17.4 Å². The molecule has 0 spiro atoms. The number of nitrogens with one attached hydrogen (secondary N) is 1. The second-order valence-corrected chi connectivity index (χ2v) is 5.52. The van der Waals surface area contributed by atoms with E-state index >= 15 is 0 Å². The third kappa shape index (κ3) is 3.64. The molecule has 2 unspecified atom stereocenters. The van der Waals surface area contributed by atoms with Crippen molar-refractivity contribution in [3.05, 3.63) is 17.0 Å². The summed E-state index contributed by atoms with van der Waals surface area (Å²) in [6, 6.07) is 0. The highest BCUT2D eigenvalue weighted by Gasteiger charge is 2.30. The molecule has 1 N–H and O–H groups in total. The maximum Gasteiger partial charge on any atom is 0.226 e. The van der Waals surface area contributed by atoms with Gasteiger partial charge < -0.3 is 14.6 Å². The lowest BCUT2D eigenvalue weighted by atomic mass is 9.91. The first kappa shape index (κ1) is 16.0. The van der Waals surface area contributed by atoms with Crippen LogP contribution in [0.1, 0.15) is 57.1 Å². The number of carbonyl (C=O) groups excluding carboxylic acids is 1. The van der Waals surface area contributed by atoms with Gasteiger partial charge in [-0.1, -0.05) is 25.9 Å². The summed E-state index contributed by atoms with van der Waals surface area (Å²) >= 11 is 0. The first-order chi connectivity index (χ1) is 10.2. The number of rotatable bonds is 6. The lowest BCUT2D eigenvalue weighted by Crippen LogP contribution is -2.41. The predicted molar refractivity (Wildman–Crippen MR) is 79.9 cm³/mol. The Bertz CT molecular complexity index is 449. The molecule has 0 aliphatic carbocycles. The van der Waals surface area contributed by atoms with Crippen LogP contribution in [0.3, 0.4) is 0 Å². The van der Waals surface area contributed by atoms with Crippen LogP contribution < -0.4 is 5.32 Å². The lowest BCUT2D eigenvalue weighted by molar-refractivity contribution is -0.134. The molecule has 1 aromatic rings. The highest BCUT2D eigenvalue weighted by Crippen LogP contribution is 2.24. The van der Waals surface area contributed by atoms with Crippen molar-refractivity contribution in [2.24, 2.45) is 5.92 Å². The van der Waals surface area contributed by atoms with Crippen LogP contribution in [0.2, 0.25) is 0 Å². The molecule has 5 heteroatoms. The van der Waals surface area contributed by atoms with E-state index in [1.807, 2.05) is 13.8 Å². The van der Waals surface area contributed by atoms with Crippen molar-refractivity contribution in [3.8, 4) is 0 Å². The number of aryl methyl sites for hydroxylation is 2. The monoisotopic (exact) mass is 294 g/mol.